The Labute approximate surface area is 172 Å². The topological polar surface area (TPSA) is 83.1 Å². The minimum Gasteiger partial charge on any atom is -0.433 e. The SMILES string of the molecule is CC(F)(F)Oc1ccc(NC(=O)c2cnc(N3CCCC3)c(-c3ccn[nH]3)c2)cc1. The standard InChI is InChI=1S/C21H21F2N5O2/c1-21(22,23)30-16-6-4-15(5-7-16)26-20(29)14-12-17(18-8-9-25-27-18)19(24-13-14)28-10-2-3-11-28/h4-9,12-13H,2-3,10-11H2,1H3,(H,25,27)(H,26,29). The monoisotopic (exact) mass is 413 g/mol. The molecule has 1 saturated heterocycles. The van der Waals surface area contributed by atoms with Gasteiger partial charge in [-0.05, 0) is 49.2 Å². The number of aromatic nitrogens is 3. The van der Waals surface area contributed by atoms with E-state index < -0.39 is 6.11 Å². The molecule has 3 heterocycles. The minimum atomic E-state index is -3.27. The maximum Gasteiger partial charge on any atom is 0.394 e. The summed E-state index contributed by atoms with van der Waals surface area (Å²) < 4.78 is 30.4. The first-order valence-electron chi connectivity index (χ1n) is 9.62. The number of anilines is 2. The van der Waals surface area contributed by atoms with E-state index in [9.17, 15) is 13.6 Å². The van der Waals surface area contributed by atoms with Gasteiger partial charge in [-0.2, -0.15) is 13.9 Å². The fourth-order valence-electron chi connectivity index (χ4n) is 3.38. The lowest BCUT2D eigenvalue weighted by atomic mass is 10.1. The summed E-state index contributed by atoms with van der Waals surface area (Å²) in [5, 5.41) is 9.69. The number of aromatic amines is 1. The van der Waals surface area contributed by atoms with Crippen molar-refractivity contribution in [1.82, 2.24) is 15.2 Å². The summed E-state index contributed by atoms with van der Waals surface area (Å²) in [7, 11) is 0. The molecule has 0 saturated carbocycles. The highest BCUT2D eigenvalue weighted by Crippen LogP contribution is 2.31. The highest BCUT2D eigenvalue weighted by Gasteiger charge is 2.23. The van der Waals surface area contributed by atoms with Crippen LogP contribution in [0.5, 0.6) is 5.75 Å². The molecule has 0 atom stereocenters. The summed E-state index contributed by atoms with van der Waals surface area (Å²) in [4.78, 5) is 19.5. The normalized spacial score (nSPS) is 14.0. The number of carbonyl (C=O) groups excluding carboxylic acids is 1. The van der Waals surface area contributed by atoms with Gasteiger partial charge < -0.3 is 15.0 Å². The third-order valence-electron chi connectivity index (χ3n) is 4.73. The van der Waals surface area contributed by atoms with Crippen molar-refractivity contribution in [3.05, 3.63) is 54.4 Å². The molecular weight excluding hydrogens is 392 g/mol. The number of ether oxygens (including phenoxy) is 1. The first-order valence-corrected chi connectivity index (χ1v) is 9.62. The van der Waals surface area contributed by atoms with Gasteiger partial charge in [0.15, 0.2) is 0 Å². The van der Waals surface area contributed by atoms with Crippen LogP contribution in [0.15, 0.2) is 48.8 Å². The van der Waals surface area contributed by atoms with Gasteiger partial charge in [0.1, 0.15) is 11.6 Å². The molecule has 0 bridgehead atoms. The van der Waals surface area contributed by atoms with Gasteiger partial charge in [0, 0.05) is 43.7 Å². The Bertz CT molecular complexity index is 1010. The molecular formula is C21H21F2N5O2. The number of carbonyl (C=O) groups is 1. The Morgan fingerprint density at radius 2 is 1.93 bits per heavy atom. The number of alkyl halides is 2. The predicted octanol–water partition coefficient (Wildman–Crippen LogP) is 4.32. The van der Waals surface area contributed by atoms with Crippen LogP contribution in [0, 0.1) is 0 Å². The zero-order valence-electron chi connectivity index (χ0n) is 16.4. The van der Waals surface area contributed by atoms with E-state index in [0.717, 1.165) is 43.0 Å². The van der Waals surface area contributed by atoms with Crippen LogP contribution in [-0.4, -0.2) is 40.3 Å². The molecule has 30 heavy (non-hydrogen) atoms. The van der Waals surface area contributed by atoms with Gasteiger partial charge in [0.25, 0.3) is 5.91 Å². The number of hydrogen-bond acceptors (Lipinski definition) is 5. The van der Waals surface area contributed by atoms with E-state index in [0.29, 0.717) is 18.2 Å². The number of nitrogens with zero attached hydrogens (tertiary/aromatic N) is 3. The Morgan fingerprint density at radius 3 is 2.57 bits per heavy atom. The van der Waals surface area contributed by atoms with Crippen molar-refractivity contribution >= 4 is 17.4 Å². The van der Waals surface area contributed by atoms with Crippen molar-refractivity contribution in [2.24, 2.45) is 0 Å². The molecule has 1 aromatic carbocycles. The van der Waals surface area contributed by atoms with Gasteiger partial charge in [-0.3, -0.25) is 9.89 Å². The molecule has 9 heteroatoms. The van der Waals surface area contributed by atoms with Gasteiger partial charge in [0.2, 0.25) is 0 Å². The maximum atomic E-state index is 12.9. The second-order valence-corrected chi connectivity index (χ2v) is 7.15. The zero-order chi connectivity index (χ0) is 21.1. The van der Waals surface area contributed by atoms with E-state index in [1.807, 2.05) is 6.07 Å². The molecule has 0 aliphatic carbocycles. The van der Waals surface area contributed by atoms with Crippen molar-refractivity contribution in [2.45, 2.75) is 25.9 Å². The Kier molecular flexibility index (Phi) is 5.35. The number of benzene rings is 1. The van der Waals surface area contributed by atoms with E-state index in [1.54, 1.807) is 12.3 Å². The zero-order valence-corrected chi connectivity index (χ0v) is 16.4. The van der Waals surface area contributed by atoms with Crippen molar-refractivity contribution in [3.8, 4) is 17.0 Å². The Morgan fingerprint density at radius 1 is 1.20 bits per heavy atom. The molecule has 2 aromatic heterocycles. The third-order valence-corrected chi connectivity index (χ3v) is 4.73. The molecule has 3 aromatic rings. The summed E-state index contributed by atoms with van der Waals surface area (Å²) in [5.74, 6) is 0.472. The number of hydrogen-bond donors (Lipinski definition) is 2. The number of nitrogens with one attached hydrogen (secondary N) is 2. The average Bonchev–Trinajstić information content (AvgIpc) is 3.42. The fourth-order valence-corrected chi connectivity index (χ4v) is 3.38. The van der Waals surface area contributed by atoms with E-state index >= 15 is 0 Å². The number of pyridine rings is 1. The van der Waals surface area contributed by atoms with Crippen LogP contribution in [0.25, 0.3) is 11.3 Å². The van der Waals surface area contributed by atoms with Crippen molar-refractivity contribution < 1.29 is 18.3 Å². The van der Waals surface area contributed by atoms with Crippen LogP contribution in [-0.2, 0) is 0 Å². The number of halogens is 2. The number of H-pyrrole nitrogens is 1. The van der Waals surface area contributed by atoms with Crippen molar-refractivity contribution in [2.75, 3.05) is 23.3 Å². The maximum absolute atomic E-state index is 12.9. The summed E-state index contributed by atoms with van der Waals surface area (Å²) in [6, 6.07) is 9.36. The third kappa shape index (κ3) is 4.56. The van der Waals surface area contributed by atoms with E-state index in [2.05, 4.69) is 30.1 Å². The number of rotatable bonds is 6. The Hall–Kier alpha value is -3.49. The van der Waals surface area contributed by atoms with Crippen molar-refractivity contribution in [1.29, 1.82) is 0 Å². The van der Waals surface area contributed by atoms with Gasteiger partial charge in [0.05, 0.1) is 11.3 Å². The summed E-state index contributed by atoms with van der Waals surface area (Å²) in [6.45, 7) is 2.51. The second kappa shape index (κ2) is 8.10. The van der Waals surface area contributed by atoms with Crippen LogP contribution >= 0.6 is 0 Å². The lowest BCUT2D eigenvalue weighted by Gasteiger charge is -2.20. The average molecular weight is 413 g/mol. The van der Waals surface area contributed by atoms with Gasteiger partial charge in [-0.25, -0.2) is 4.98 Å². The fraction of sp³-hybridized carbons (Fsp3) is 0.286. The van der Waals surface area contributed by atoms with Crippen LogP contribution in [0.2, 0.25) is 0 Å². The van der Waals surface area contributed by atoms with Crippen LogP contribution in [0.1, 0.15) is 30.1 Å². The smallest absolute Gasteiger partial charge is 0.394 e. The summed E-state index contributed by atoms with van der Waals surface area (Å²) in [6.07, 6.45) is 2.14. The largest absolute Gasteiger partial charge is 0.433 e. The van der Waals surface area contributed by atoms with Gasteiger partial charge in [-0.15, -0.1) is 0 Å². The molecule has 156 valence electrons. The molecule has 4 rings (SSSR count). The molecule has 0 radical (unpaired) electrons. The van der Waals surface area contributed by atoms with E-state index in [1.165, 1.54) is 30.5 Å². The second-order valence-electron chi connectivity index (χ2n) is 7.15. The molecule has 0 unspecified atom stereocenters. The molecule has 1 fully saturated rings. The van der Waals surface area contributed by atoms with Gasteiger partial charge in [-0.1, -0.05) is 0 Å². The molecule has 0 spiro atoms. The summed E-state index contributed by atoms with van der Waals surface area (Å²) in [5.41, 5.74) is 2.42. The van der Waals surface area contributed by atoms with Crippen LogP contribution in [0.3, 0.4) is 0 Å². The molecule has 1 aliphatic heterocycles. The molecule has 1 amide bonds. The quantitative estimate of drug-likeness (QED) is 0.629. The molecule has 7 nitrogen and oxygen atoms in total. The first kappa shape index (κ1) is 19.8. The predicted molar refractivity (Wildman–Crippen MR) is 109 cm³/mol. The molecule has 2 N–H and O–H groups in total. The van der Waals surface area contributed by atoms with Gasteiger partial charge >= 0.3 is 6.11 Å². The first-order chi connectivity index (χ1) is 14.4. The van der Waals surface area contributed by atoms with Crippen LogP contribution < -0.4 is 15.0 Å². The summed E-state index contributed by atoms with van der Waals surface area (Å²) >= 11 is 0. The van der Waals surface area contributed by atoms with Crippen LogP contribution in [0.4, 0.5) is 20.3 Å². The molecule has 1 aliphatic rings. The number of amides is 1. The minimum absolute atomic E-state index is 0.0127. The Balaban J connectivity index is 1.55. The highest BCUT2D eigenvalue weighted by molar-refractivity contribution is 6.05. The van der Waals surface area contributed by atoms with E-state index in [-0.39, 0.29) is 11.7 Å². The highest BCUT2D eigenvalue weighted by atomic mass is 19.3. The van der Waals surface area contributed by atoms with Crippen molar-refractivity contribution in [3.63, 3.8) is 0 Å². The van der Waals surface area contributed by atoms with E-state index in [4.69, 9.17) is 0 Å². The lowest BCUT2D eigenvalue weighted by Crippen LogP contribution is -2.21. The lowest BCUT2D eigenvalue weighted by molar-refractivity contribution is -0.158.